The summed E-state index contributed by atoms with van der Waals surface area (Å²) in [6.07, 6.45) is 4.18. The highest BCUT2D eigenvalue weighted by Crippen LogP contribution is 2.14. The molecule has 0 aliphatic rings. The Balaban J connectivity index is 1.79. The molecule has 116 valence electrons. The number of rotatable bonds is 5. The van der Waals surface area contributed by atoms with Gasteiger partial charge in [-0.1, -0.05) is 30.3 Å². The zero-order valence-electron chi connectivity index (χ0n) is 12.8. The fourth-order valence-corrected chi connectivity index (χ4v) is 2.23. The van der Waals surface area contributed by atoms with Crippen LogP contribution in [0.4, 0.5) is 5.95 Å². The molecule has 0 bridgehead atoms. The Kier molecular flexibility index (Phi) is 4.42. The molecular weight excluding hydrogens is 290 g/mol. The van der Waals surface area contributed by atoms with Crippen molar-refractivity contribution in [2.45, 2.75) is 6.42 Å². The lowest BCUT2D eigenvalue weighted by atomic mass is 10.1. The minimum atomic E-state index is -0.409. The van der Waals surface area contributed by atoms with Gasteiger partial charge >= 0.3 is 5.69 Å². The van der Waals surface area contributed by atoms with Gasteiger partial charge in [-0.3, -0.25) is 9.97 Å². The van der Waals surface area contributed by atoms with Gasteiger partial charge < -0.3 is 4.90 Å². The van der Waals surface area contributed by atoms with Crippen molar-refractivity contribution in [3.05, 3.63) is 70.9 Å². The quantitative estimate of drug-likeness (QED) is 0.779. The van der Waals surface area contributed by atoms with E-state index in [2.05, 4.69) is 32.1 Å². The van der Waals surface area contributed by atoms with Crippen LogP contribution in [0.15, 0.2) is 59.7 Å². The number of hydrogen-bond acceptors (Lipinski definition) is 5. The van der Waals surface area contributed by atoms with Gasteiger partial charge in [0.1, 0.15) is 5.82 Å². The molecule has 1 N–H and O–H groups in total. The predicted octanol–water partition coefficient (Wildman–Crippen LogP) is 1.91. The van der Waals surface area contributed by atoms with Gasteiger partial charge in [0, 0.05) is 31.5 Å². The van der Waals surface area contributed by atoms with Crippen LogP contribution < -0.4 is 10.6 Å². The number of benzene rings is 1. The molecule has 0 amide bonds. The van der Waals surface area contributed by atoms with Crippen molar-refractivity contribution in [3.63, 3.8) is 0 Å². The van der Waals surface area contributed by atoms with E-state index in [-0.39, 0.29) is 0 Å². The molecular formula is C17H17N5O. The van der Waals surface area contributed by atoms with Gasteiger partial charge in [-0.25, -0.2) is 4.79 Å². The lowest BCUT2D eigenvalue weighted by molar-refractivity contribution is 0.821. The first-order valence-corrected chi connectivity index (χ1v) is 7.36. The number of aromatic amines is 1. The van der Waals surface area contributed by atoms with Crippen LogP contribution in [-0.4, -0.2) is 33.5 Å². The largest absolute Gasteiger partial charge is 0.349 e. The van der Waals surface area contributed by atoms with Crippen molar-refractivity contribution in [2.24, 2.45) is 0 Å². The van der Waals surface area contributed by atoms with Crippen LogP contribution in [0.1, 0.15) is 5.56 Å². The summed E-state index contributed by atoms with van der Waals surface area (Å²) in [6, 6.07) is 13.8. The normalized spacial score (nSPS) is 10.5. The molecule has 0 fully saturated rings. The summed E-state index contributed by atoms with van der Waals surface area (Å²) in [5.74, 6) is 0.908. The molecule has 2 heterocycles. The number of pyridine rings is 1. The second kappa shape index (κ2) is 6.83. The maximum absolute atomic E-state index is 11.8. The molecule has 6 heteroatoms. The van der Waals surface area contributed by atoms with Crippen LogP contribution in [0.5, 0.6) is 0 Å². The molecule has 0 saturated carbocycles. The van der Waals surface area contributed by atoms with Crippen LogP contribution in [0, 0.1) is 0 Å². The van der Waals surface area contributed by atoms with E-state index in [9.17, 15) is 4.79 Å². The number of likely N-dealkylation sites (N-methyl/N-ethyl adjacent to an activating group) is 1. The average molecular weight is 307 g/mol. The maximum Gasteiger partial charge on any atom is 0.349 e. The molecule has 0 atom stereocenters. The fourth-order valence-electron chi connectivity index (χ4n) is 2.23. The minimum absolute atomic E-state index is 0.409. The third-order valence-electron chi connectivity index (χ3n) is 3.51. The van der Waals surface area contributed by atoms with E-state index in [4.69, 9.17) is 0 Å². The number of H-pyrrole nitrogens is 1. The van der Waals surface area contributed by atoms with Crippen molar-refractivity contribution in [2.75, 3.05) is 18.5 Å². The van der Waals surface area contributed by atoms with Crippen LogP contribution in [0.2, 0.25) is 0 Å². The predicted molar refractivity (Wildman–Crippen MR) is 89.3 cm³/mol. The number of aromatic nitrogens is 4. The topological polar surface area (TPSA) is 74.8 Å². The molecule has 3 rings (SSSR count). The first-order chi connectivity index (χ1) is 11.2. The number of nitrogens with one attached hydrogen (secondary N) is 1. The van der Waals surface area contributed by atoms with Crippen molar-refractivity contribution in [3.8, 4) is 11.4 Å². The van der Waals surface area contributed by atoms with Crippen molar-refractivity contribution >= 4 is 5.95 Å². The SMILES string of the molecule is CN(CCc1ccccc1)c1nc(-c2ccncc2)[nH]c(=O)n1. The van der Waals surface area contributed by atoms with Crippen molar-refractivity contribution < 1.29 is 0 Å². The molecule has 0 aliphatic heterocycles. The Morgan fingerprint density at radius 1 is 1.04 bits per heavy atom. The molecule has 0 aliphatic carbocycles. The third-order valence-corrected chi connectivity index (χ3v) is 3.51. The van der Waals surface area contributed by atoms with E-state index in [0.29, 0.717) is 11.8 Å². The van der Waals surface area contributed by atoms with Gasteiger partial charge in [0.25, 0.3) is 0 Å². The van der Waals surface area contributed by atoms with Crippen LogP contribution in [-0.2, 0) is 6.42 Å². The molecule has 0 unspecified atom stereocenters. The molecule has 0 spiro atoms. The monoisotopic (exact) mass is 307 g/mol. The van der Waals surface area contributed by atoms with E-state index < -0.39 is 5.69 Å². The van der Waals surface area contributed by atoms with Crippen molar-refractivity contribution in [1.29, 1.82) is 0 Å². The zero-order valence-corrected chi connectivity index (χ0v) is 12.8. The highest BCUT2D eigenvalue weighted by molar-refractivity contribution is 5.54. The average Bonchev–Trinajstić information content (AvgIpc) is 2.61. The molecule has 0 saturated heterocycles. The van der Waals surface area contributed by atoms with Gasteiger partial charge in [0.2, 0.25) is 5.95 Å². The molecule has 23 heavy (non-hydrogen) atoms. The first kappa shape index (κ1) is 14.9. The summed E-state index contributed by atoms with van der Waals surface area (Å²) in [4.78, 5) is 28.7. The molecule has 1 aromatic carbocycles. The summed E-state index contributed by atoms with van der Waals surface area (Å²) < 4.78 is 0. The summed E-state index contributed by atoms with van der Waals surface area (Å²) in [5.41, 5.74) is 1.63. The van der Waals surface area contributed by atoms with E-state index >= 15 is 0 Å². The van der Waals surface area contributed by atoms with E-state index in [1.165, 1.54) is 5.56 Å². The molecule has 3 aromatic rings. The first-order valence-electron chi connectivity index (χ1n) is 7.36. The van der Waals surface area contributed by atoms with Crippen molar-refractivity contribution in [1.82, 2.24) is 19.9 Å². The third kappa shape index (κ3) is 3.79. The second-order valence-electron chi connectivity index (χ2n) is 5.20. The lowest BCUT2D eigenvalue weighted by Crippen LogP contribution is -2.26. The number of anilines is 1. The zero-order chi connectivity index (χ0) is 16.1. The Morgan fingerprint density at radius 3 is 2.52 bits per heavy atom. The number of hydrogen-bond donors (Lipinski definition) is 1. The summed E-state index contributed by atoms with van der Waals surface area (Å²) in [6.45, 7) is 0.725. The molecule has 2 aromatic heterocycles. The number of nitrogens with zero attached hydrogens (tertiary/aromatic N) is 4. The summed E-state index contributed by atoms with van der Waals surface area (Å²) in [7, 11) is 1.88. The summed E-state index contributed by atoms with van der Waals surface area (Å²) in [5, 5.41) is 0. The van der Waals surface area contributed by atoms with E-state index in [1.54, 1.807) is 24.5 Å². The van der Waals surface area contributed by atoms with Gasteiger partial charge in [0.15, 0.2) is 0 Å². The Bertz CT molecular complexity index is 817. The smallest absolute Gasteiger partial charge is 0.343 e. The Morgan fingerprint density at radius 2 is 1.78 bits per heavy atom. The van der Waals surface area contributed by atoms with Gasteiger partial charge in [0.05, 0.1) is 0 Å². The fraction of sp³-hybridized carbons (Fsp3) is 0.176. The van der Waals surface area contributed by atoms with Gasteiger partial charge in [-0.15, -0.1) is 0 Å². The summed E-state index contributed by atoms with van der Waals surface area (Å²) >= 11 is 0. The van der Waals surface area contributed by atoms with Crippen LogP contribution in [0.25, 0.3) is 11.4 Å². The van der Waals surface area contributed by atoms with E-state index in [0.717, 1.165) is 18.5 Å². The Hall–Kier alpha value is -3.02. The highest BCUT2D eigenvalue weighted by Gasteiger charge is 2.09. The van der Waals surface area contributed by atoms with E-state index in [1.807, 2.05) is 30.1 Å². The van der Waals surface area contributed by atoms with Gasteiger partial charge in [-0.05, 0) is 24.1 Å². The second-order valence-corrected chi connectivity index (χ2v) is 5.20. The standard InChI is InChI=1S/C17H17N5O/c1-22(12-9-13-5-3-2-4-6-13)16-19-15(20-17(23)21-16)14-7-10-18-11-8-14/h2-8,10-11H,9,12H2,1H3,(H,19,20,21,23). The van der Waals surface area contributed by atoms with Crippen LogP contribution in [0.3, 0.4) is 0 Å². The lowest BCUT2D eigenvalue weighted by Gasteiger charge is -2.17. The highest BCUT2D eigenvalue weighted by atomic mass is 16.1. The molecule has 0 radical (unpaired) electrons. The maximum atomic E-state index is 11.8. The minimum Gasteiger partial charge on any atom is -0.343 e. The Labute approximate surface area is 133 Å². The molecule has 6 nitrogen and oxygen atoms in total. The van der Waals surface area contributed by atoms with Gasteiger partial charge in [-0.2, -0.15) is 9.97 Å². The van der Waals surface area contributed by atoms with Crippen LogP contribution >= 0.6 is 0 Å².